The Balaban J connectivity index is 0.000000165. The normalized spacial score (nSPS) is 15.3. The van der Waals surface area contributed by atoms with Crippen LogP contribution in [0.2, 0.25) is 0 Å². The highest BCUT2D eigenvalue weighted by atomic mass is 32.2. The van der Waals surface area contributed by atoms with Crippen LogP contribution in [0.5, 0.6) is 0 Å². The van der Waals surface area contributed by atoms with Gasteiger partial charge in [-0.15, -0.1) is 0 Å². The molecule has 2 heterocycles. The molecule has 2 aliphatic carbocycles. The number of likely N-dealkylation sites (N-methyl/N-ethyl adjacent to an activating group) is 1. The van der Waals surface area contributed by atoms with E-state index >= 15 is 0 Å². The standard InChI is InChI=1S/C21H27N3O4S.C21H26N2O4S.C19H22N2O4S.C19H21NO3S/c1-23-11-13-24(14-12-23)10-5-15-29(27,28)22-20-16-18(8-9-19(20)21(25)26)17-6-3-2-4-7-17;24-21(25)19-11-10-18(17-8-3-1-4-9-17)16-20(19)22-28(26,27)15-7-14-23-12-5-2-6-13-23;1-21(16-9-5-6-10-16)26(24,25)20-18-13-15(11-12-17(18)19(22)23)14-7-3-2-4-8-14;1-14(21)18-10-9-17(16-5-3-2-4-6-16)13-19(18)20-24(22,23)12-11-15-7-8-15/h2-4,6-9,16,22H,5,10-15H2,1H3,(H,25,26);1,3-4,8-11,16,22H,2,5-7,12-15H2,(H,24,25);2-4,7-8,11-13,16,20H,5-6,9-10H2,1H3,(H,22,23);2-6,9-10,13,15,20H,7-8,11-12H2,1H3. The molecule has 0 unspecified atom stereocenters. The summed E-state index contributed by atoms with van der Waals surface area (Å²) in [4.78, 5) is 53.3. The van der Waals surface area contributed by atoms with Crippen molar-refractivity contribution in [2.24, 2.45) is 5.92 Å². The molecule has 4 fully saturated rings. The maximum atomic E-state index is 12.7. The summed E-state index contributed by atoms with van der Waals surface area (Å²) < 4.78 is 112. The zero-order chi connectivity index (χ0) is 76.7. The first kappa shape index (κ1) is 81.8. The fourth-order valence-electron chi connectivity index (χ4n) is 12.9. The lowest BCUT2D eigenvalue weighted by Gasteiger charge is -2.32. The van der Waals surface area contributed by atoms with E-state index in [9.17, 15) is 68.2 Å². The third-order valence-electron chi connectivity index (χ3n) is 19.1. The van der Waals surface area contributed by atoms with Gasteiger partial charge in [-0.2, -0.15) is 12.7 Å². The Hall–Kier alpha value is -9.32. The molecule has 0 atom stereocenters. The lowest BCUT2D eigenvalue weighted by molar-refractivity contribution is 0.0687. The Labute approximate surface area is 629 Å². The number of hydrogen-bond acceptors (Lipinski definition) is 15. The highest BCUT2D eigenvalue weighted by Crippen LogP contribution is 2.35. The summed E-state index contributed by atoms with van der Waals surface area (Å²) in [5, 5.41) is 28.3. The number of anilines is 4. The first-order chi connectivity index (χ1) is 51.1. The summed E-state index contributed by atoms with van der Waals surface area (Å²) in [6.45, 7) is 8.80. The topological polar surface area (TPSA) is 327 Å². The number of carboxylic acid groups (broad SMARTS) is 3. The molecule has 2 saturated heterocycles. The predicted molar refractivity (Wildman–Crippen MR) is 424 cm³/mol. The van der Waals surface area contributed by atoms with E-state index < -0.39 is 58.2 Å². The molecule has 0 bridgehead atoms. The lowest BCUT2D eigenvalue weighted by Crippen LogP contribution is -2.45. The average molecular weight is 1540 g/mol. The van der Waals surface area contributed by atoms with Gasteiger partial charge in [-0.05, 0) is 184 Å². The van der Waals surface area contributed by atoms with E-state index in [1.165, 1.54) is 48.7 Å². The van der Waals surface area contributed by atoms with Gasteiger partial charge in [0.15, 0.2) is 5.78 Å². The van der Waals surface area contributed by atoms with Gasteiger partial charge in [-0.3, -0.25) is 23.7 Å². The predicted octanol–water partition coefficient (Wildman–Crippen LogP) is 13.8. The molecule has 0 amide bonds. The fourth-order valence-corrected chi connectivity index (χ4v) is 17.6. The van der Waals surface area contributed by atoms with Crippen LogP contribution in [0, 0.1) is 5.92 Å². The van der Waals surface area contributed by atoms with Crippen LogP contribution in [0.25, 0.3) is 44.5 Å². The van der Waals surface area contributed by atoms with Crippen LogP contribution >= 0.6 is 0 Å². The van der Waals surface area contributed by atoms with Gasteiger partial charge < -0.3 is 30.0 Å². The third-order valence-corrected chi connectivity index (χ3v) is 24.7. The first-order valence-electron chi connectivity index (χ1n) is 36.0. The van der Waals surface area contributed by atoms with Crippen molar-refractivity contribution in [3.05, 3.63) is 216 Å². The summed E-state index contributed by atoms with van der Waals surface area (Å²) in [5.41, 5.74) is 7.61. The molecule has 27 heteroatoms. The van der Waals surface area contributed by atoms with Crippen molar-refractivity contribution in [3.8, 4) is 44.5 Å². The van der Waals surface area contributed by atoms with Crippen molar-refractivity contribution in [2.75, 3.05) is 103 Å². The number of nitrogens with zero attached hydrogens (tertiary/aromatic N) is 4. The van der Waals surface area contributed by atoms with E-state index in [0.29, 0.717) is 43.0 Å². The van der Waals surface area contributed by atoms with Gasteiger partial charge in [-0.25, -0.2) is 39.6 Å². The number of piperidine rings is 1. The Morgan fingerprint density at radius 2 is 0.720 bits per heavy atom. The van der Waals surface area contributed by atoms with Crippen LogP contribution in [0.3, 0.4) is 0 Å². The van der Waals surface area contributed by atoms with Gasteiger partial charge in [0.1, 0.15) is 0 Å². The van der Waals surface area contributed by atoms with E-state index in [4.69, 9.17) is 0 Å². The van der Waals surface area contributed by atoms with Crippen molar-refractivity contribution in [1.82, 2.24) is 19.0 Å². The molecule has 12 rings (SSSR count). The molecule has 8 aromatic rings. The summed E-state index contributed by atoms with van der Waals surface area (Å²) in [6, 6.07) is 57.3. The molecular weight excluding hydrogens is 1440 g/mol. The van der Waals surface area contributed by atoms with Gasteiger partial charge >= 0.3 is 28.1 Å². The molecule has 0 aromatic heterocycles. The molecular formula is C80H96N8O15S4. The van der Waals surface area contributed by atoms with Gasteiger partial charge in [0.05, 0.1) is 56.7 Å². The minimum absolute atomic E-state index is 0.0296. The number of Topliss-reactive ketones (excluding diaryl/α,β-unsaturated/α-hetero) is 1. The SMILES string of the molecule is CC(=O)c1ccc(-c2ccccc2)cc1NS(=O)(=O)CCC1CC1.CN(C1CCCC1)S(=O)(=O)Nc1cc(-c2ccccc2)ccc1C(=O)O.CN1CCN(CCCS(=O)(=O)Nc2cc(-c3ccccc3)ccc2C(=O)O)CC1.O=C(O)c1ccc(-c2ccccc2)cc1NS(=O)(=O)CCCN1CCCCC1. The highest BCUT2D eigenvalue weighted by molar-refractivity contribution is 7.93. The summed E-state index contributed by atoms with van der Waals surface area (Å²) >= 11 is 0. The number of benzene rings is 8. The summed E-state index contributed by atoms with van der Waals surface area (Å²) in [6.07, 6.45) is 11.2. The number of carbonyl (C=O) groups excluding carboxylic acids is 1. The van der Waals surface area contributed by atoms with E-state index in [1.807, 2.05) is 127 Å². The van der Waals surface area contributed by atoms with Crippen LogP contribution in [0.4, 0.5) is 22.7 Å². The second kappa shape index (κ2) is 38.5. The van der Waals surface area contributed by atoms with Crippen LogP contribution < -0.4 is 18.9 Å². The Morgan fingerprint density at radius 1 is 0.393 bits per heavy atom. The van der Waals surface area contributed by atoms with Crippen LogP contribution in [0.1, 0.15) is 125 Å². The smallest absolute Gasteiger partial charge is 0.337 e. The quantitative estimate of drug-likeness (QED) is 0.0214. The molecule has 7 N–H and O–H groups in total. The first-order valence-corrected chi connectivity index (χ1v) is 42.4. The van der Waals surface area contributed by atoms with E-state index in [1.54, 1.807) is 55.6 Å². The highest BCUT2D eigenvalue weighted by Gasteiger charge is 2.31. The largest absolute Gasteiger partial charge is 0.478 e. The third kappa shape index (κ3) is 25.4. The maximum Gasteiger partial charge on any atom is 0.337 e. The van der Waals surface area contributed by atoms with Gasteiger partial charge in [0.2, 0.25) is 30.1 Å². The maximum absolute atomic E-state index is 12.7. The molecule has 2 saturated carbocycles. The molecule has 570 valence electrons. The fraction of sp³-hybridized carbons (Fsp3) is 0.350. The van der Waals surface area contributed by atoms with Crippen molar-refractivity contribution in [1.29, 1.82) is 0 Å². The Morgan fingerprint density at radius 3 is 1.07 bits per heavy atom. The second-order valence-corrected chi connectivity index (χ2v) is 34.5. The van der Waals surface area contributed by atoms with Crippen LogP contribution in [-0.2, 0) is 40.3 Å². The summed E-state index contributed by atoms with van der Waals surface area (Å²) in [5.74, 6) is -3.09. The average Bonchev–Trinajstić information content (AvgIpc) is 1.51. The Kier molecular flexibility index (Phi) is 29.4. The number of sulfonamides is 3. The lowest BCUT2D eigenvalue weighted by atomic mass is 10.0. The number of carboxylic acids is 3. The van der Waals surface area contributed by atoms with Gasteiger partial charge in [0, 0.05) is 44.8 Å². The number of likely N-dealkylation sites (tertiary alicyclic amines) is 1. The van der Waals surface area contributed by atoms with E-state index in [0.717, 1.165) is 129 Å². The molecule has 23 nitrogen and oxygen atoms in total. The number of hydrogen-bond donors (Lipinski definition) is 7. The number of nitrogens with one attached hydrogen (secondary N) is 4. The van der Waals surface area contributed by atoms with Crippen LogP contribution in [0.15, 0.2) is 194 Å². The van der Waals surface area contributed by atoms with Crippen molar-refractivity contribution in [3.63, 3.8) is 0 Å². The van der Waals surface area contributed by atoms with Crippen molar-refractivity contribution >= 4 is 86.7 Å². The molecule has 4 aliphatic rings. The summed E-state index contributed by atoms with van der Waals surface area (Å²) in [7, 11) is -10.9. The number of aromatic carboxylic acids is 3. The number of piperazine rings is 1. The van der Waals surface area contributed by atoms with Crippen LogP contribution in [-0.4, -0.2) is 181 Å². The van der Waals surface area contributed by atoms with Crippen molar-refractivity contribution in [2.45, 2.75) is 90.0 Å². The number of carbonyl (C=O) groups is 4. The minimum atomic E-state index is -3.83. The molecule has 8 aromatic carbocycles. The number of ketones is 1. The van der Waals surface area contributed by atoms with Gasteiger partial charge in [-0.1, -0.05) is 178 Å². The van der Waals surface area contributed by atoms with E-state index in [2.05, 4.69) is 40.6 Å². The van der Waals surface area contributed by atoms with Gasteiger partial charge in [0.25, 0.3) is 0 Å². The molecule has 2 aliphatic heterocycles. The molecule has 107 heavy (non-hydrogen) atoms. The zero-order valence-electron chi connectivity index (χ0n) is 60.6. The molecule has 0 radical (unpaired) electrons. The number of rotatable bonds is 29. The Bertz CT molecular complexity index is 4790. The minimum Gasteiger partial charge on any atom is -0.478 e. The van der Waals surface area contributed by atoms with E-state index in [-0.39, 0.29) is 62.8 Å². The molecule has 0 spiro atoms. The monoisotopic (exact) mass is 1540 g/mol. The zero-order valence-corrected chi connectivity index (χ0v) is 63.8. The second-order valence-electron chi connectivity index (χ2n) is 27.3. The van der Waals surface area contributed by atoms with Crippen molar-refractivity contribution < 1.29 is 68.2 Å².